The van der Waals surface area contributed by atoms with Gasteiger partial charge in [0.15, 0.2) is 0 Å². The van der Waals surface area contributed by atoms with Gasteiger partial charge in [-0.2, -0.15) is 0 Å². The summed E-state index contributed by atoms with van der Waals surface area (Å²) in [5.41, 5.74) is 2.09. The molecule has 0 aromatic heterocycles. The van der Waals surface area contributed by atoms with Crippen molar-refractivity contribution in [1.82, 2.24) is 0 Å². The van der Waals surface area contributed by atoms with Crippen molar-refractivity contribution in [2.24, 2.45) is 4.99 Å². The number of amides is 2. The zero-order chi connectivity index (χ0) is 18.1. The van der Waals surface area contributed by atoms with Gasteiger partial charge in [-0.3, -0.25) is 19.7 Å². The van der Waals surface area contributed by atoms with Crippen molar-refractivity contribution in [3.8, 4) is 0 Å². The Morgan fingerprint density at radius 2 is 1.88 bits per heavy atom. The monoisotopic (exact) mass is 338 g/mol. The zero-order valence-electron chi connectivity index (χ0n) is 13.5. The zero-order valence-corrected chi connectivity index (χ0v) is 13.5. The number of nitro groups is 1. The maximum absolute atomic E-state index is 12.1. The topological polar surface area (TPSA) is 105 Å². The maximum atomic E-state index is 12.1. The van der Waals surface area contributed by atoms with Crippen molar-refractivity contribution in [3.05, 3.63) is 58.1 Å². The van der Waals surface area contributed by atoms with Crippen LogP contribution in [-0.4, -0.2) is 29.5 Å². The fraction of sp³-hybridized carbons (Fsp3) is 0.118. The third-order valence-electron chi connectivity index (χ3n) is 3.88. The Labute approximate surface area is 142 Å². The number of aliphatic imine (C=N–C) groups is 1. The van der Waals surface area contributed by atoms with Gasteiger partial charge >= 0.3 is 0 Å². The van der Waals surface area contributed by atoms with Crippen LogP contribution in [0.2, 0.25) is 0 Å². The number of rotatable bonds is 3. The van der Waals surface area contributed by atoms with Crippen LogP contribution in [0, 0.1) is 10.1 Å². The van der Waals surface area contributed by atoms with Crippen molar-refractivity contribution in [1.29, 1.82) is 0 Å². The molecule has 0 spiro atoms. The molecule has 0 bridgehead atoms. The standard InChI is InChI=1S/C17H14N4O4/c1-10(22)20(2)12-5-3-11(4-6-12)18-16-14-9-13(21(24)25)7-8-15(14)19-17(16)23/h3-9H,1-2H3,(H,18,19,23). The Bertz CT molecular complexity index is 919. The first-order valence-electron chi connectivity index (χ1n) is 7.40. The lowest BCUT2D eigenvalue weighted by Gasteiger charge is -2.14. The lowest BCUT2D eigenvalue weighted by atomic mass is 10.1. The summed E-state index contributed by atoms with van der Waals surface area (Å²) in [5.74, 6) is -0.518. The van der Waals surface area contributed by atoms with Crippen LogP contribution in [0.4, 0.5) is 22.7 Å². The molecule has 0 atom stereocenters. The quantitative estimate of drug-likeness (QED) is 0.686. The highest BCUT2D eigenvalue weighted by Gasteiger charge is 2.28. The number of carbonyl (C=O) groups is 2. The third kappa shape index (κ3) is 3.09. The summed E-state index contributed by atoms with van der Waals surface area (Å²) >= 11 is 0. The van der Waals surface area contributed by atoms with Crippen LogP contribution in [0.25, 0.3) is 0 Å². The summed E-state index contributed by atoms with van der Waals surface area (Å²) in [4.78, 5) is 39.7. The average Bonchev–Trinajstić information content (AvgIpc) is 2.89. The Morgan fingerprint density at radius 1 is 1.20 bits per heavy atom. The fourth-order valence-electron chi connectivity index (χ4n) is 2.43. The molecule has 0 unspecified atom stereocenters. The number of fused-ring (bicyclic) bond motifs is 1. The molecule has 3 rings (SSSR count). The fourth-order valence-corrected chi connectivity index (χ4v) is 2.43. The van der Waals surface area contributed by atoms with E-state index in [4.69, 9.17) is 0 Å². The Balaban J connectivity index is 1.97. The normalized spacial score (nSPS) is 14.2. The molecule has 2 amide bonds. The van der Waals surface area contributed by atoms with E-state index in [0.717, 1.165) is 0 Å². The second-order valence-electron chi connectivity index (χ2n) is 5.50. The van der Waals surface area contributed by atoms with Crippen LogP contribution in [0.3, 0.4) is 0 Å². The molecular formula is C17H14N4O4. The van der Waals surface area contributed by atoms with E-state index in [-0.39, 0.29) is 17.3 Å². The lowest BCUT2D eigenvalue weighted by Crippen LogP contribution is -2.22. The second-order valence-corrected chi connectivity index (χ2v) is 5.50. The minimum absolute atomic E-state index is 0.101. The van der Waals surface area contributed by atoms with Gasteiger partial charge in [-0.05, 0) is 30.3 Å². The van der Waals surface area contributed by atoms with E-state index in [0.29, 0.717) is 22.6 Å². The molecule has 0 saturated heterocycles. The molecule has 0 radical (unpaired) electrons. The highest BCUT2D eigenvalue weighted by atomic mass is 16.6. The van der Waals surface area contributed by atoms with E-state index in [2.05, 4.69) is 10.3 Å². The molecule has 25 heavy (non-hydrogen) atoms. The minimum Gasteiger partial charge on any atom is -0.320 e. The van der Waals surface area contributed by atoms with Gasteiger partial charge in [-0.25, -0.2) is 4.99 Å². The molecule has 0 fully saturated rings. The Morgan fingerprint density at radius 3 is 2.48 bits per heavy atom. The predicted octanol–water partition coefficient (Wildman–Crippen LogP) is 2.65. The summed E-state index contributed by atoms with van der Waals surface area (Å²) in [5, 5.41) is 13.6. The second kappa shape index (κ2) is 6.16. The molecule has 0 aliphatic carbocycles. The number of anilines is 2. The first-order valence-corrected chi connectivity index (χ1v) is 7.40. The summed E-state index contributed by atoms with van der Waals surface area (Å²) < 4.78 is 0. The van der Waals surface area contributed by atoms with Gasteiger partial charge in [0.1, 0.15) is 5.71 Å². The molecule has 1 heterocycles. The number of carbonyl (C=O) groups excluding carboxylic acids is 2. The first kappa shape index (κ1) is 16.3. The number of hydrogen-bond donors (Lipinski definition) is 1. The smallest absolute Gasteiger partial charge is 0.275 e. The number of nitrogens with zero attached hydrogens (tertiary/aromatic N) is 3. The van der Waals surface area contributed by atoms with Gasteiger partial charge < -0.3 is 10.2 Å². The molecular weight excluding hydrogens is 324 g/mol. The van der Waals surface area contributed by atoms with E-state index in [1.165, 1.54) is 30.0 Å². The van der Waals surface area contributed by atoms with E-state index in [1.54, 1.807) is 31.3 Å². The SMILES string of the molecule is CC(=O)N(C)c1ccc(N=C2C(=O)Nc3ccc([N+](=O)[O-])cc32)cc1. The number of non-ortho nitro benzene ring substituents is 1. The van der Waals surface area contributed by atoms with E-state index in [9.17, 15) is 19.7 Å². The third-order valence-corrected chi connectivity index (χ3v) is 3.88. The van der Waals surface area contributed by atoms with E-state index < -0.39 is 10.8 Å². The highest BCUT2D eigenvalue weighted by Crippen LogP contribution is 2.29. The van der Waals surface area contributed by atoms with Gasteiger partial charge in [-0.15, -0.1) is 0 Å². The van der Waals surface area contributed by atoms with Crippen LogP contribution < -0.4 is 10.2 Å². The molecule has 2 aromatic rings. The van der Waals surface area contributed by atoms with Crippen molar-refractivity contribution < 1.29 is 14.5 Å². The van der Waals surface area contributed by atoms with Gasteiger partial charge in [0, 0.05) is 37.4 Å². The number of nitrogens with one attached hydrogen (secondary N) is 1. The minimum atomic E-state index is -0.521. The van der Waals surface area contributed by atoms with Crippen LogP contribution in [0.5, 0.6) is 0 Å². The molecule has 2 aromatic carbocycles. The molecule has 0 saturated carbocycles. The summed E-state index contributed by atoms with van der Waals surface area (Å²) in [6.45, 7) is 1.46. The number of hydrogen-bond acceptors (Lipinski definition) is 5. The van der Waals surface area contributed by atoms with Crippen molar-refractivity contribution in [2.45, 2.75) is 6.92 Å². The predicted molar refractivity (Wildman–Crippen MR) is 93.4 cm³/mol. The van der Waals surface area contributed by atoms with E-state index in [1.807, 2.05) is 0 Å². The Hall–Kier alpha value is -3.55. The highest BCUT2D eigenvalue weighted by molar-refractivity contribution is 6.54. The molecule has 1 aliphatic rings. The van der Waals surface area contributed by atoms with Gasteiger partial charge in [0.2, 0.25) is 5.91 Å². The van der Waals surface area contributed by atoms with Gasteiger partial charge in [0.05, 0.1) is 16.3 Å². The molecule has 126 valence electrons. The van der Waals surface area contributed by atoms with Gasteiger partial charge in [-0.1, -0.05) is 0 Å². The maximum Gasteiger partial charge on any atom is 0.275 e. The molecule has 1 N–H and O–H groups in total. The number of nitro benzene ring substituents is 1. The van der Waals surface area contributed by atoms with Crippen LogP contribution in [0.15, 0.2) is 47.5 Å². The van der Waals surface area contributed by atoms with Crippen LogP contribution in [-0.2, 0) is 9.59 Å². The van der Waals surface area contributed by atoms with Gasteiger partial charge in [0.25, 0.3) is 11.6 Å². The Kier molecular flexibility index (Phi) is 4.02. The van der Waals surface area contributed by atoms with Crippen molar-refractivity contribution in [3.63, 3.8) is 0 Å². The largest absolute Gasteiger partial charge is 0.320 e. The van der Waals surface area contributed by atoms with Crippen LogP contribution in [0.1, 0.15) is 12.5 Å². The number of benzene rings is 2. The summed E-state index contributed by atoms with van der Waals surface area (Å²) in [7, 11) is 1.66. The lowest BCUT2D eigenvalue weighted by molar-refractivity contribution is -0.384. The summed E-state index contributed by atoms with van der Waals surface area (Å²) in [6, 6.07) is 10.9. The molecule has 1 aliphatic heterocycles. The van der Waals surface area contributed by atoms with Crippen molar-refractivity contribution >= 4 is 40.3 Å². The first-order chi connectivity index (χ1) is 11.9. The average molecular weight is 338 g/mol. The van der Waals surface area contributed by atoms with Crippen molar-refractivity contribution in [2.75, 3.05) is 17.3 Å². The summed E-state index contributed by atoms with van der Waals surface area (Å²) in [6.07, 6.45) is 0. The molecule has 8 nitrogen and oxygen atoms in total. The van der Waals surface area contributed by atoms with E-state index >= 15 is 0 Å². The molecule has 8 heteroatoms. The van der Waals surface area contributed by atoms with Crippen LogP contribution >= 0.6 is 0 Å².